The third kappa shape index (κ3) is 2.92. The highest BCUT2D eigenvalue weighted by molar-refractivity contribution is 5.39. The van der Waals surface area contributed by atoms with Crippen molar-refractivity contribution in [2.24, 2.45) is 0 Å². The molecule has 9 nitrogen and oxygen atoms in total. The van der Waals surface area contributed by atoms with Crippen LogP contribution >= 0.6 is 0 Å². The summed E-state index contributed by atoms with van der Waals surface area (Å²) in [6.45, 7) is 1.55. The van der Waals surface area contributed by atoms with Crippen LogP contribution in [0.15, 0.2) is 12.7 Å². The minimum absolute atomic E-state index is 0.370. The van der Waals surface area contributed by atoms with Gasteiger partial charge in [0, 0.05) is 33.4 Å². The molecular formula is C12H18N8O. The number of hydrogen-bond donors (Lipinski definition) is 1. The van der Waals surface area contributed by atoms with Gasteiger partial charge in [0.15, 0.2) is 0 Å². The predicted molar refractivity (Wildman–Crippen MR) is 76.5 cm³/mol. The molecule has 0 spiro atoms. The molecule has 0 saturated carbocycles. The third-order valence-electron chi connectivity index (χ3n) is 3.51. The lowest BCUT2D eigenvalue weighted by atomic mass is 10.1. The summed E-state index contributed by atoms with van der Waals surface area (Å²) < 4.78 is 6.92. The maximum atomic E-state index is 5.40. The molecule has 3 rings (SSSR count). The Morgan fingerprint density at radius 1 is 1.29 bits per heavy atom. The van der Waals surface area contributed by atoms with Crippen molar-refractivity contribution in [2.45, 2.75) is 18.9 Å². The maximum absolute atomic E-state index is 5.40. The number of nitrogens with one attached hydrogen (secondary N) is 1. The van der Waals surface area contributed by atoms with Crippen molar-refractivity contribution >= 4 is 11.9 Å². The largest absolute Gasteiger partial charge is 0.381 e. The summed E-state index contributed by atoms with van der Waals surface area (Å²) in [7, 11) is 3.77. The topological polar surface area (TPSA) is 93.9 Å². The summed E-state index contributed by atoms with van der Waals surface area (Å²) in [6.07, 6.45) is 4.95. The Morgan fingerprint density at radius 3 is 2.76 bits per heavy atom. The van der Waals surface area contributed by atoms with E-state index in [1.807, 2.05) is 7.05 Å². The lowest BCUT2D eigenvalue weighted by molar-refractivity contribution is 0.0852. The molecule has 3 heterocycles. The molecule has 1 N–H and O–H groups in total. The van der Waals surface area contributed by atoms with Crippen molar-refractivity contribution in [1.29, 1.82) is 0 Å². The quantitative estimate of drug-likeness (QED) is 0.848. The summed E-state index contributed by atoms with van der Waals surface area (Å²) in [4.78, 5) is 19.2. The van der Waals surface area contributed by atoms with E-state index in [1.165, 1.54) is 11.0 Å². The van der Waals surface area contributed by atoms with Crippen molar-refractivity contribution < 1.29 is 4.74 Å². The first kappa shape index (κ1) is 13.7. The van der Waals surface area contributed by atoms with Gasteiger partial charge in [-0.05, 0) is 12.8 Å². The van der Waals surface area contributed by atoms with Gasteiger partial charge in [-0.3, -0.25) is 0 Å². The SMILES string of the molecule is CNc1nc(N(C)C2CCOCC2)nc(-n2cncn2)n1. The Hall–Kier alpha value is -2.29. The zero-order valence-corrected chi connectivity index (χ0v) is 12.1. The summed E-state index contributed by atoms with van der Waals surface area (Å²) in [5.41, 5.74) is 0. The van der Waals surface area contributed by atoms with Crippen molar-refractivity contribution in [3.63, 3.8) is 0 Å². The van der Waals surface area contributed by atoms with E-state index in [0.717, 1.165) is 26.1 Å². The van der Waals surface area contributed by atoms with Crippen LogP contribution in [0.2, 0.25) is 0 Å². The molecule has 21 heavy (non-hydrogen) atoms. The molecule has 0 bridgehead atoms. The van der Waals surface area contributed by atoms with Gasteiger partial charge < -0.3 is 15.0 Å². The number of ether oxygens (including phenoxy) is 1. The Balaban J connectivity index is 1.91. The smallest absolute Gasteiger partial charge is 0.258 e. The van der Waals surface area contributed by atoms with Gasteiger partial charge in [-0.1, -0.05) is 0 Å². The first-order valence-corrected chi connectivity index (χ1v) is 6.87. The minimum atomic E-state index is 0.370. The number of nitrogens with zero attached hydrogens (tertiary/aromatic N) is 7. The molecule has 0 aliphatic carbocycles. The van der Waals surface area contributed by atoms with Crippen LogP contribution in [-0.2, 0) is 4.74 Å². The Bertz CT molecular complexity index is 581. The van der Waals surface area contributed by atoms with Gasteiger partial charge in [-0.25, -0.2) is 4.98 Å². The van der Waals surface area contributed by atoms with E-state index in [0.29, 0.717) is 23.9 Å². The summed E-state index contributed by atoms with van der Waals surface area (Å²) in [5, 5.41) is 7.01. The zero-order chi connectivity index (χ0) is 14.7. The van der Waals surface area contributed by atoms with Crippen LogP contribution in [0.1, 0.15) is 12.8 Å². The number of rotatable bonds is 4. The highest BCUT2D eigenvalue weighted by Crippen LogP contribution is 2.19. The predicted octanol–water partition coefficient (Wildman–Crippen LogP) is 0.109. The van der Waals surface area contributed by atoms with E-state index in [1.54, 1.807) is 13.4 Å². The molecule has 0 amide bonds. The highest BCUT2D eigenvalue weighted by Gasteiger charge is 2.22. The van der Waals surface area contributed by atoms with Crippen LogP contribution in [0.5, 0.6) is 0 Å². The van der Waals surface area contributed by atoms with Crippen LogP contribution in [0.4, 0.5) is 11.9 Å². The lowest BCUT2D eigenvalue weighted by Gasteiger charge is -2.31. The molecule has 0 unspecified atom stereocenters. The van der Waals surface area contributed by atoms with Gasteiger partial charge in [0.2, 0.25) is 11.9 Å². The molecule has 1 fully saturated rings. The number of anilines is 2. The fourth-order valence-electron chi connectivity index (χ4n) is 2.27. The molecule has 9 heteroatoms. The Labute approximate surface area is 122 Å². The van der Waals surface area contributed by atoms with Crippen LogP contribution < -0.4 is 10.2 Å². The van der Waals surface area contributed by atoms with Gasteiger partial charge in [-0.2, -0.15) is 24.7 Å². The van der Waals surface area contributed by atoms with Gasteiger partial charge in [0.1, 0.15) is 12.7 Å². The molecule has 1 saturated heterocycles. The van der Waals surface area contributed by atoms with Gasteiger partial charge in [0.25, 0.3) is 5.95 Å². The van der Waals surface area contributed by atoms with Crippen molar-refractivity contribution in [3.8, 4) is 5.95 Å². The third-order valence-corrected chi connectivity index (χ3v) is 3.51. The minimum Gasteiger partial charge on any atom is -0.381 e. The van der Waals surface area contributed by atoms with Crippen LogP contribution in [0.3, 0.4) is 0 Å². The first-order chi connectivity index (χ1) is 10.3. The second kappa shape index (κ2) is 6.00. The number of aromatic nitrogens is 6. The normalized spacial score (nSPS) is 15.9. The van der Waals surface area contributed by atoms with Crippen molar-refractivity contribution in [2.75, 3.05) is 37.5 Å². The summed E-state index contributed by atoms with van der Waals surface area (Å²) in [6, 6.07) is 0.370. The molecule has 0 aromatic carbocycles. The Kier molecular flexibility index (Phi) is 3.91. The molecule has 112 valence electrons. The highest BCUT2D eigenvalue weighted by atomic mass is 16.5. The average Bonchev–Trinajstić information content (AvgIpc) is 3.09. The zero-order valence-electron chi connectivity index (χ0n) is 12.1. The lowest BCUT2D eigenvalue weighted by Crippen LogP contribution is -2.38. The monoisotopic (exact) mass is 290 g/mol. The molecule has 2 aromatic heterocycles. The summed E-state index contributed by atoms with van der Waals surface area (Å²) in [5.74, 6) is 1.57. The fraction of sp³-hybridized carbons (Fsp3) is 0.583. The van der Waals surface area contributed by atoms with Crippen molar-refractivity contribution in [1.82, 2.24) is 29.7 Å². The van der Waals surface area contributed by atoms with Crippen LogP contribution in [0, 0.1) is 0 Å². The van der Waals surface area contributed by atoms with Gasteiger partial charge in [0.05, 0.1) is 0 Å². The molecule has 1 aliphatic rings. The molecular weight excluding hydrogens is 272 g/mol. The Morgan fingerprint density at radius 2 is 2.10 bits per heavy atom. The van der Waals surface area contributed by atoms with Gasteiger partial charge >= 0.3 is 0 Å². The van der Waals surface area contributed by atoms with Gasteiger partial charge in [-0.15, -0.1) is 0 Å². The molecule has 0 radical (unpaired) electrons. The first-order valence-electron chi connectivity index (χ1n) is 6.87. The molecule has 2 aromatic rings. The number of hydrogen-bond acceptors (Lipinski definition) is 8. The van der Waals surface area contributed by atoms with E-state index in [9.17, 15) is 0 Å². The maximum Gasteiger partial charge on any atom is 0.258 e. The molecule has 1 aliphatic heterocycles. The standard InChI is InChI=1S/C12H18N8O/c1-13-10-16-11(19(2)9-3-5-21-6-4-9)18-12(17-10)20-8-14-7-15-20/h7-9H,3-6H2,1-2H3,(H,13,16,17,18). The van der Waals surface area contributed by atoms with E-state index in [2.05, 4.69) is 35.3 Å². The van der Waals surface area contributed by atoms with E-state index in [-0.39, 0.29) is 0 Å². The summed E-state index contributed by atoms with van der Waals surface area (Å²) >= 11 is 0. The van der Waals surface area contributed by atoms with Crippen LogP contribution in [0.25, 0.3) is 5.95 Å². The second-order valence-electron chi connectivity index (χ2n) is 4.80. The second-order valence-corrected chi connectivity index (χ2v) is 4.80. The van der Waals surface area contributed by atoms with E-state index in [4.69, 9.17) is 4.74 Å². The van der Waals surface area contributed by atoms with E-state index >= 15 is 0 Å². The van der Waals surface area contributed by atoms with Crippen LogP contribution in [-0.4, -0.2) is 63.1 Å². The van der Waals surface area contributed by atoms with E-state index < -0.39 is 0 Å². The average molecular weight is 290 g/mol. The van der Waals surface area contributed by atoms with Crippen molar-refractivity contribution in [3.05, 3.63) is 12.7 Å². The fourth-order valence-corrected chi connectivity index (χ4v) is 2.27. The molecule has 0 atom stereocenters.